The van der Waals surface area contributed by atoms with Gasteiger partial charge in [-0.05, 0) is 40.8 Å². The van der Waals surface area contributed by atoms with Crippen molar-refractivity contribution in [3.63, 3.8) is 0 Å². The topological polar surface area (TPSA) is 0 Å². The van der Waals surface area contributed by atoms with Gasteiger partial charge in [0, 0.05) is 0 Å². The number of alkyl halides is 3. The third kappa shape index (κ3) is 5.23. The maximum Gasteiger partial charge on any atom is 0.396 e. The van der Waals surface area contributed by atoms with Gasteiger partial charge in [-0.1, -0.05) is 84.4 Å². The molecule has 3 rings (SSSR count). The van der Waals surface area contributed by atoms with Crippen LogP contribution >= 0.6 is 11.6 Å². The molecule has 0 bridgehead atoms. The second-order valence-electron chi connectivity index (χ2n) is 6.46. The molecule has 0 aliphatic rings. The van der Waals surface area contributed by atoms with E-state index in [4.69, 9.17) is 11.6 Å². The zero-order valence-electron chi connectivity index (χ0n) is 14.8. The van der Waals surface area contributed by atoms with Crippen LogP contribution in [0.5, 0.6) is 0 Å². The smallest absolute Gasteiger partial charge is 0.205 e. The fourth-order valence-corrected chi connectivity index (χ4v) is 3.03. The van der Waals surface area contributed by atoms with Crippen LogP contribution in [0.1, 0.15) is 28.2 Å². The predicted molar refractivity (Wildman–Crippen MR) is 106 cm³/mol. The van der Waals surface area contributed by atoms with Crippen molar-refractivity contribution in [3.8, 4) is 0 Å². The minimum atomic E-state index is -4.32. The van der Waals surface area contributed by atoms with Crippen molar-refractivity contribution in [2.45, 2.75) is 18.5 Å². The van der Waals surface area contributed by atoms with E-state index in [0.29, 0.717) is 11.1 Å². The fraction of sp³-hybridized carbons (Fsp3) is 0.130. The molecule has 0 aromatic heterocycles. The van der Waals surface area contributed by atoms with Crippen LogP contribution in [0, 0.1) is 5.82 Å². The molecule has 0 fully saturated rings. The molecule has 5 heteroatoms. The molecule has 0 N–H and O–H groups in total. The summed E-state index contributed by atoms with van der Waals surface area (Å²) in [5.41, 5.74) is 2.30. The van der Waals surface area contributed by atoms with Crippen LogP contribution in [0.15, 0.2) is 72.8 Å². The summed E-state index contributed by atoms with van der Waals surface area (Å²) in [5, 5.41) is 0.0548. The number of rotatable bonds is 5. The summed E-state index contributed by atoms with van der Waals surface area (Å²) in [6.07, 6.45) is -0.958. The quantitative estimate of drug-likeness (QED) is 0.304. The summed E-state index contributed by atoms with van der Waals surface area (Å²) in [7, 11) is 0. The van der Waals surface area contributed by atoms with Crippen LogP contribution in [0.2, 0.25) is 5.02 Å². The van der Waals surface area contributed by atoms with Crippen molar-refractivity contribution < 1.29 is 17.6 Å². The van der Waals surface area contributed by atoms with Gasteiger partial charge in [-0.15, -0.1) is 0 Å². The number of hydrogen-bond acceptors (Lipinski definition) is 0. The van der Waals surface area contributed by atoms with Crippen LogP contribution in [0.3, 0.4) is 0 Å². The van der Waals surface area contributed by atoms with Gasteiger partial charge in [0.05, 0.1) is 10.9 Å². The molecule has 0 spiro atoms. The highest BCUT2D eigenvalue weighted by Crippen LogP contribution is 2.37. The molecule has 3 aromatic carbocycles. The summed E-state index contributed by atoms with van der Waals surface area (Å²) >= 11 is 5.65. The third-order valence-electron chi connectivity index (χ3n) is 4.43. The number of hydrogen-bond donors (Lipinski definition) is 0. The summed E-state index contributed by atoms with van der Waals surface area (Å²) in [6, 6.07) is 19.3. The Morgan fingerprint density at radius 1 is 0.821 bits per heavy atom. The molecule has 1 atom stereocenters. The average Bonchev–Trinajstić information content (AvgIpc) is 2.68. The first-order valence-corrected chi connectivity index (χ1v) is 9.04. The molecule has 0 aliphatic carbocycles. The lowest BCUT2D eigenvalue weighted by Gasteiger charge is -2.21. The largest absolute Gasteiger partial charge is 0.396 e. The fourth-order valence-electron chi connectivity index (χ4n) is 2.92. The van der Waals surface area contributed by atoms with Gasteiger partial charge in [-0.2, -0.15) is 13.2 Å². The van der Waals surface area contributed by atoms with Crippen molar-refractivity contribution in [1.82, 2.24) is 0 Å². The van der Waals surface area contributed by atoms with E-state index in [9.17, 15) is 17.6 Å². The standard InChI is InChI=1S/C23H17ClF4/c24-21-13-12-18(15-22(21)25)11-8-16-6-9-17(10-7-16)14-20(23(26,27)28)19-4-2-1-3-5-19/h1-13,15,20H,14H2/t20-/m1/s1. The number of benzene rings is 3. The first kappa shape index (κ1) is 20.2. The molecule has 0 heterocycles. The highest BCUT2D eigenvalue weighted by atomic mass is 35.5. The normalized spacial score (nSPS) is 13.0. The minimum absolute atomic E-state index is 0.0548. The Morgan fingerprint density at radius 3 is 2.04 bits per heavy atom. The van der Waals surface area contributed by atoms with Crippen molar-refractivity contribution in [2.24, 2.45) is 0 Å². The van der Waals surface area contributed by atoms with E-state index in [1.165, 1.54) is 24.3 Å². The van der Waals surface area contributed by atoms with Crippen molar-refractivity contribution in [3.05, 3.63) is 106 Å². The lowest BCUT2D eigenvalue weighted by atomic mass is 9.91. The summed E-state index contributed by atoms with van der Waals surface area (Å²) in [6.45, 7) is 0. The van der Waals surface area contributed by atoms with Crippen molar-refractivity contribution in [2.75, 3.05) is 0 Å². The Morgan fingerprint density at radius 2 is 1.43 bits per heavy atom. The van der Waals surface area contributed by atoms with Crippen LogP contribution in [0.25, 0.3) is 12.2 Å². The second-order valence-corrected chi connectivity index (χ2v) is 6.86. The third-order valence-corrected chi connectivity index (χ3v) is 4.74. The molecule has 0 aliphatic heterocycles. The van der Waals surface area contributed by atoms with E-state index in [2.05, 4.69) is 0 Å². The molecule has 3 aromatic rings. The Labute approximate surface area is 166 Å². The zero-order valence-corrected chi connectivity index (χ0v) is 15.5. The maximum atomic E-state index is 13.5. The molecule has 28 heavy (non-hydrogen) atoms. The molecule has 0 nitrogen and oxygen atoms in total. The Kier molecular flexibility index (Phi) is 6.20. The number of halogens is 5. The molecule has 0 saturated heterocycles. The highest BCUT2D eigenvalue weighted by molar-refractivity contribution is 6.30. The monoisotopic (exact) mass is 404 g/mol. The molecule has 0 amide bonds. The first-order chi connectivity index (χ1) is 13.3. The zero-order chi connectivity index (χ0) is 20.1. The second kappa shape index (κ2) is 8.61. The summed E-state index contributed by atoms with van der Waals surface area (Å²) in [4.78, 5) is 0. The molecule has 0 saturated carbocycles. The highest BCUT2D eigenvalue weighted by Gasteiger charge is 2.40. The Hall–Kier alpha value is -2.59. The minimum Gasteiger partial charge on any atom is -0.205 e. The molecule has 0 unspecified atom stereocenters. The van der Waals surface area contributed by atoms with E-state index in [0.717, 1.165) is 5.56 Å². The predicted octanol–water partition coefficient (Wildman–Crippen LogP) is 7.54. The van der Waals surface area contributed by atoms with Crippen molar-refractivity contribution >= 4 is 23.8 Å². The summed E-state index contributed by atoms with van der Waals surface area (Å²) in [5.74, 6) is -2.05. The summed E-state index contributed by atoms with van der Waals surface area (Å²) < 4.78 is 53.9. The molecule has 0 radical (unpaired) electrons. The SMILES string of the molecule is Fc1cc(C=Cc2ccc(C[C@H](c3ccccc3)C(F)(F)F)cc2)ccc1Cl. The van der Waals surface area contributed by atoms with Crippen LogP contribution < -0.4 is 0 Å². The van der Waals surface area contributed by atoms with E-state index in [1.54, 1.807) is 60.7 Å². The average molecular weight is 405 g/mol. The van der Waals surface area contributed by atoms with Gasteiger partial charge in [0.2, 0.25) is 0 Å². The Bertz CT molecular complexity index is 945. The van der Waals surface area contributed by atoms with Crippen LogP contribution in [-0.4, -0.2) is 6.18 Å². The van der Waals surface area contributed by atoms with Gasteiger partial charge < -0.3 is 0 Å². The first-order valence-electron chi connectivity index (χ1n) is 8.66. The van der Waals surface area contributed by atoms with E-state index in [-0.39, 0.29) is 17.0 Å². The van der Waals surface area contributed by atoms with Gasteiger partial charge in [0.15, 0.2) is 0 Å². The van der Waals surface area contributed by atoms with Gasteiger partial charge in [0.25, 0.3) is 0 Å². The van der Waals surface area contributed by atoms with Gasteiger partial charge in [-0.25, -0.2) is 4.39 Å². The van der Waals surface area contributed by atoms with Crippen LogP contribution in [0.4, 0.5) is 17.6 Å². The van der Waals surface area contributed by atoms with Gasteiger partial charge >= 0.3 is 6.18 Å². The van der Waals surface area contributed by atoms with Crippen LogP contribution in [-0.2, 0) is 6.42 Å². The lowest BCUT2D eigenvalue weighted by Crippen LogP contribution is -2.22. The van der Waals surface area contributed by atoms with Gasteiger partial charge in [0.1, 0.15) is 5.82 Å². The van der Waals surface area contributed by atoms with Gasteiger partial charge in [-0.3, -0.25) is 0 Å². The molecular formula is C23H17ClF4. The maximum absolute atomic E-state index is 13.5. The molecule has 144 valence electrons. The lowest BCUT2D eigenvalue weighted by molar-refractivity contribution is -0.150. The van der Waals surface area contributed by atoms with E-state index >= 15 is 0 Å². The van der Waals surface area contributed by atoms with E-state index < -0.39 is 17.9 Å². The Balaban J connectivity index is 1.74. The van der Waals surface area contributed by atoms with Crippen molar-refractivity contribution in [1.29, 1.82) is 0 Å². The molecular weight excluding hydrogens is 388 g/mol. The van der Waals surface area contributed by atoms with E-state index in [1.807, 2.05) is 0 Å².